The summed E-state index contributed by atoms with van der Waals surface area (Å²) in [6.45, 7) is 4.07. The van der Waals surface area contributed by atoms with Gasteiger partial charge in [0.2, 0.25) is 0 Å². The first-order valence-electron chi connectivity index (χ1n) is 6.00. The summed E-state index contributed by atoms with van der Waals surface area (Å²) in [6.07, 6.45) is -0.612. The fraction of sp³-hybridized carbons (Fsp3) is 0.250. The molecule has 0 spiro atoms. The van der Waals surface area contributed by atoms with Gasteiger partial charge in [-0.1, -0.05) is 41.5 Å². The fourth-order valence-electron chi connectivity index (χ4n) is 2.17. The Bertz CT molecular complexity index is 526. The van der Waals surface area contributed by atoms with Crippen molar-refractivity contribution in [3.8, 4) is 5.75 Å². The molecule has 2 nitrogen and oxygen atoms in total. The van der Waals surface area contributed by atoms with Crippen LogP contribution in [0.25, 0.3) is 0 Å². The Labute approximate surface area is 108 Å². The fourth-order valence-corrected chi connectivity index (χ4v) is 2.17. The van der Waals surface area contributed by atoms with E-state index in [4.69, 9.17) is 4.74 Å². The van der Waals surface area contributed by atoms with Crippen molar-refractivity contribution in [3.05, 3.63) is 64.7 Å². The minimum absolute atomic E-state index is 0.612. The normalized spacial score (nSPS) is 12.2. The summed E-state index contributed by atoms with van der Waals surface area (Å²) < 4.78 is 5.18. The Kier molecular flexibility index (Phi) is 3.68. The Morgan fingerprint density at radius 2 is 1.61 bits per heavy atom. The molecule has 0 aliphatic rings. The third-order valence-corrected chi connectivity index (χ3v) is 2.97. The van der Waals surface area contributed by atoms with E-state index < -0.39 is 6.10 Å². The van der Waals surface area contributed by atoms with Gasteiger partial charge in [0.05, 0.1) is 7.11 Å². The summed E-state index contributed by atoms with van der Waals surface area (Å²) in [5, 5.41) is 10.4. The maximum atomic E-state index is 10.4. The minimum atomic E-state index is -0.612. The number of benzene rings is 2. The van der Waals surface area contributed by atoms with Crippen LogP contribution in [0.1, 0.15) is 28.4 Å². The zero-order valence-corrected chi connectivity index (χ0v) is 11.0. The molecule has 0 bridgehead atoms. The molecule has 0 heterocycles. The molecule has 0 saturated heterocycles. The Morgan fingerprint density at radius 1 is 0.944 bits per heavy atom. The van der Waals surface area contributed by atoms with Crippen molar-refractivity contribution in [3.63, 3.8) is 0 Å². The zero-order chi connectivity index (χ0) is 13.1. The molecule has 1 N–H and O–H groups in total. The van der Waals surface area contributed by atoms with Gasteiger partial charge in [0.1, 0.15) is 11.9 Å². The Balaban J connectivity index is 2.37. The van der Waals surface area contributed by atoms with Crippen LogP contribution < -0.4 is 4.74 Å². The summed E-state index contributed by atoms with van der Waals surface area (Å²) in [5.41, 5.74) is 4.08. The molecule has 94 valence electrons. The first-order chi connectivity index (χ1) is 8.60. The van der Waals surface area contributed by atoms with Crippen molar-refractivity contribution in [1.29, 1.82) is 0 Å². The summed E-state index contributed by atoms with van der Waals surface area (Å²) >= 11 is 0. The Hall–Kier alpha value is -1.80. The maximum Gasteiger partial charge on any atom is 0.119 e. The number of aryl methyl sites for hydroxylation is 2. The molecule has 0 aliphatic carbocycles. The van der Waals surface area contributed by atoms with Gasteiger partial charge in [-0.3, -0.25) is 0 Å². The smallest absolute Gasteiger partial charge is 0.119 e. The van der Waals surface area contributed by atoms with Crippen molar-refractivity contribution in [1.82, 2.24) is 0 Å². The average molecular weight is 242 g/mol. The predicted molar refractivity (Wildman–Crippen MR) is 73.0 cm³/mol. The second kappa shape index (κ2) is 5.23. The summed E-state index contributed by atoms with van der Waals surface area (Å²) in [5.74, 6) is 0.760. The number of methoxy groups -OCH3 is 1. The van der Waals surface area contributed by atoms with E-state index in [2.05, 4.69) is 6.07 Å². The lowest BCUT2D eigenvalue weighted by molar-refractivity contribution is 0.219. The highest BCUT2D eigenvalue weighted by molar-refractivity contribution is 5.38. The van der Waals surface area contributed by atoms with Crippen molar-refractivity contribution >= 4 is 0 Å². The lowest BCUT2D eigenvalue weighted by atomic mass is 9.98. The van der Waals surface area contributed by atoms with E-state index in [-0.39, 0.29) is 0 Å². The van der Waals surface area contributed by atoms with Crippen LogP contribution in [-0.2, 0) is 0 Å². The average Bonchev–Trinajstić information content (AvgIpc) is 2.37. The largest absolute Gasteiger partial charge is 0.497 e. The van der Waals surface area contributed by atoms with Gasteiger partial charge >= 0.3 is 0 Å². The molecular weight excluding hydrogens is 224 g/mol. The third kappa shape index (κ3) is 2.71. The molecule has 0 aliphatic heterocycles. The molecule has 2 aromatic rings. The molecule has 2 heteroatoms. The molecule has 2 rings (SSSR count). The standard InChI is InChI=1S/C16H18O2/c1-11-7-12(2)9-14(8-11)16(17)13-5-4-6-15(10-13)18-3/h4-10,16-17H,1-3H3. The molecule has 0 aromatic heterocycles. The van der Waals surface area contributed by atoms with Crippen LogP contribution in [0.4, 0.5) is 0 Å². The molecule has 2 aromatic carbocycles. The summed E-state index contributed by atoms with van der Waals surface area (Å²) in [4.78, 5) is 0. The molecule has 0 saturated carbocycles. The number of rotatable bonds is 3. The van der Waals surface area contributed by atoms with Crippen LogP contribution in [0.5, 0.6) is 5.75 Å². The van der Waals surface area contributed by atoms with Gasteiger partial charge in [-0.2, -0.15) is 0 Å². The number of aliphatic hydroxyl groups excluding tert-OH is 1. The Morgan fingerprint density at radius 3 is 2.22 bits per heavy atom. The minimum Gasteiger partial charge on any atom is -0.497 e. The molecule has 1 unspecified atom stereocenters. The third-order valence-electron chi connectivity index (χ3n) is 2.97. The van der Waals surface area contributed by atoms with Gasteiger partial charge < -0.3 is 9.84 Å². The number of hydrogen-bond acceptors (Lipinski definition) is 2. The highest BCUT2D eigenvalue weighted by Crippen LogP contribution is 2.26. The predicted octanol–water partition coefficient (Wildman–Crippen LogP) is 3.39. The van der Waals surface area contributed by atoms with Crippen LogP contribution in [0, 0.1) is 13.8 Å². The van der Waals surface area contributed by atoms with E-state index in [1.165, 1.54) is 0 Å². The first kappa shape index (κ1) is 12.7. The van der Waals surface area contributed by atoms with Crippen molar-refractivity contribution in [2.24, 2.45) is 0 Å². The first-order valence-corrected chi connectivity index (χ1v) is 6.00. The van der Waals surface area contributed by atoms with Crippen LogP contribution >= 0.6 is 0 Å². The van der Waals surface area contributed by atoms with Gasteiger partial charge in [-0.25, -0.2) is 0 Å². The van der Waals surface area contributed by atoms with Crippen LogP contribution in [0.2, 0.25) is 0 Å². The van der Waals surface area contributed by atoms with Crippen LogP contribution in [0.3, 0.4) is 0 Å². The second-order valence-corrected chi connectivity index (χ2v) is 4.60. The second-order valence-electron chi connectivity index (χ2n) is 4.60. The van der Waals surface area contributed by atoms with Gasteiger partial charge in [-0.05, 0) is 37.1 Å². The molecule has 0 radical (unpaired) electrons. The topological polar surface area (TPSA) is 29.5 Å². The number of hydrogen-bond donors (Lipinski definition) is 1. The van der Waals surface area contributed by atoms with Crippen molar-refractivity contribution in [2.75, 3.05) is 7.11 Å². The summed E-state index contributed by atoms with van der Waals surface area (Å²) in [6, 6.07) is 13.7. The molecule has 18 heavy (non-hydrogen) atoms. The molecule has 1 atom stereocenters. The van der Waals surface area contributed by atoms with E-state index in [1.807, 2.05) is 50.2 Å². The van der Waals surface area contributed by atoms with Gasteiger partial charge in [0.15, 0.2) is 0 Å². The SMILES string of the molecule is COc1cccc(C(O)c2cc(C)cc(C)c2)c1. The number of ether oxygens (including phenoxy) is 1. The highest BCUT2D eigenvalue weighted by atomic mass is 16.5. The lowest BCUT2D eigenvalue weighted by Gasteiger charge is -2.14. The highest BCUT2D eigenvalue weighted by Gasteiger charge is 2.11. The van der Waals surface area contributed by atoms with E-state index in [0.29, 0.717) is 0 Å². The van der Waals surface area contributed by atoms with E-state index in [9.17, 15) is 5.11 Å². The quantitative estimate of drug-likeness (QED) is 0.894. The molecule has 0 amide bonds. The van der Waals surface area contributed by atoms with Crippen LogP contribution in [0.15, 0.2) is 42.5 Å². The summed E-state index contributed by atoms with van der Waals surface area (Å²) in [7, 11) is 1.63. The lowest BCUT2D eigenvalue weighted by Crippen LogP contribution is -2.01. The van der Waals surface area contributed by atoms with Crippen molar-refractivity contribution in [2.45, 2.75) is 20.0 Å². The van der Waals surface area contributed by atoms with Gasteiger partial charge in [0.25, 0.3) is 0 Å². The maximum absolute atomic E-state index is 10.4. The van der Waals surface area contributed by atoms with Crippen molar-refractivity contribution < 1.29 is 9.84 Å². The zero-order valence-electron chi connectivity index (χ0n) is 11.0. The van der Waals surface area contributed by atoms with Gasteiger partial charge in [-0.15, -0.1) is 0 Å². The van der Waals surface area contributed by atoms with E-state index in [0.717, 1.165) is 28.0 Å². The van der Waals surface area contributed by atoms with Gasteiger partial charge in [0, 0.05) is 0 Å². The van der Waals surface area contributed by atoms with E-state index >= 15 is 0 Å². The monoisotopic (exact) mass is 242 g/mol. The molecular formula is C16H18O2. The number of aliphatic hydroxyl groups is 1. The molecule has 0 fully saturated rings. The van der Waals surface area contributed by atoms with E-state index in [1.54, 1.807) is 7.11 Å². The van der Waals surface area contributed by atoms with Crippen LogP contribution in [-0.4, -0.2) is 12.2 Å².